The molecule has 57 heavy (non-hydrogen) atoms. The van der Waals surface area contributed by atoms with Gasteiger partial charge in [-0.2, -0.15) is 0 Å². The molecule has 4 rings (SSSR count). The maximum atomic E-state index is 14.8. The van der Waals surface area contributed by atoms with E-state index in [2.05, 4.69) is 10.6 Å². The molecular formula is C44H52ClN5O7. The first-order chi connectivity index (χ1) is 27.5. The minimum atomic E-state index is -1.48. The number of halogens is 1. The third-order valence-electron chi connectivity index (χ3n) is 9.27. The summed E-state index contributed by atoms with van der Waals surface area (Å²) in [4.78, 5) is 70.9. The van der Waals surface area contributed by atoms with E-state index in [1.54, 1.807) is 50.2 Å². The summed E-state index contributed by atoms with van der Waals surface area (Å²) >= 11 is 6.36. The first kappa shape index (κ1) is 44.2. The Labute approximate surface area is 339 Å². The number of unbranched alkanes of at least 4 members (excludes halogenated alkanes) is 1. The quantitative estimate of drug-likeness (QED) is 0.0598. The van der Waals surface area contributed by atoms with Gasteiger partial charge in [-0.3, -0.25) is 19.2 Å². The van der Waals surface area contributed by atoms with Gasteiger partial charge in [0.1, 0.15) is 25.3 Å². The number of nitrogens with one attached hydrogen (secondary N) is 2. The zero-order chi connectivity index (χ0) is 41.2. The van der Waals surface area contributed by atoms with Gasteiger partial charge in [-0.15, -0.1) is 0 Å². The molecule has 0 fully saturated rings. The molecule has 302 valence electrons. The average Bonchev–Trinajstić information content (AvgIpc) is 3.22. The molecule has 0 heterocycles. The van der Waals surface area contributed by atoms with Gasteiger partial charge in [-0.25, -0.2) is 9.69 Å². The van der Waals surface area contributed by atoms with Crippen LogP contribution in [0.3, 0.4) is 0 Å². The Hall–Kier alpha value is -5.56. The van der Waals surface area contributed by atoms with Crippen molar-refractivity contribution in [3.8, 4) is 0 Å². The molecule has 0 aliphatic rings. The monoisotopic (exact) mass is 797 g/mol. The van der Waals surface area contributed by atoms with Crippen molar-refractivity contribution in [1.82, 2.24) is 15.5 Å². The van der Waals surface area contributed by atoms with Crippen molar-refractivity contribution in [2.45, 2.75) is 83.3 Å². The number of nitrogens with two attached hydrogens (primary N) is 2. The van der Waals surface area contributed by atoms with Gasteiger partial charge < -0.3 is 31.6 Å². The molecule has 13 heteroatoms. The van der Waals surface area contributed by atoms with Gasteiger partial charge >= 0.3 is 12.1 Å². The molecule has 0 unspecified atom stereocenters. The van der Waals surface area contributed by atoms with Crippen LogP contribution < -0.4 is 22.1 Å². The van der Waals surface area contributed by atoms with Gasteiger partial charge in [0, 0.05) is 17.0 Å². The van der Waals surface area contributed by atoms with E-state index in [1.807, 2.05) is 78.9 Å². The van der Waals surface area contributed by atoms with Crippen molar-refractivity contribution >= 4 is 41.4 Å². The fraction of sp³-hybridized carbons (Fsp3) is 0.341. The lowest BCUT2D eigenvalue weighted by molar-refractivity contribution is -0.147. The number of rotatable bonds is 20. The number of hydrogen-bond acceptors (Lipinski definition) is 9. The Kier molecular flexibility index (Phi) is 17.7. The molecule has 0 radical (unpaired) electrons. The van der Waals surface area contributed by atoms with E-state index < -0.39 is 59.9 Å². The highest BCUT2D eigenvalue weighted by Crippen LogP contribution is 2.25. The minimum Gasteiger partial charge on any atom is -0.461 e. The van der Waals surface area contributed by atoms with Crippen LogP contribution in [0.1, 0.15) is 74.2 Å². The van der Waals surface area contributed by atoms with Crippen molar-refractivity contribution in [1.29, 1.82) is 0 Å². The molecule has 0 aliphatic carbocycles. The molecule has 0 saturated carbocycles. The molecule has 0 aromatic heterocycles. The largest absolute Gasteiger partial charge is 0.461 e. The predicted octanol–water partition coefficient (Wildman–Crippen LogP) is 6.20. The molecule has 6 N–H and O–H groups in total. The van der Waals surface area contributed by atoms with Crippen molar-refractivity contribution in [2.75, 3.05) is 6.54 Å². The number of nitrogens with zero attached hydrogens (tertiary/aromatic N) is 1. The molecule has 0 bridgehead atoms. The van der Waals surface area contributed by atoms with Crippen molar-refractivity contribution in [2.24, 2.45) is 17.4 Å². The Balaban J connectivity index is 1.69. The Morgan fingerprint density at radius 3 is 1.86 bits per heavy atom. The highest BCUT2D eigenvalue weighted by Gasteiger charge is 2.42. The SMILES string of the molecule is CC(C)[C@@H](C(=O)NC(c1ccccc1)c1ccccc1)N(C(=O)OCc1ccccc1Cl)C(=O)[C@H](CCC(=O)OCc1ccccc1)NC(=O)[C@@H](N)CCCCN. The lowest BCUT2D eigenvalue weighted by Crippen LogP contribution is -2.60. The Morgan fingerprint density at radius 1 is 0.702 bits per heavy atom. The van der Waals surface area contributed by atoms with Gasteiger partial charge in [0.2, 0.25) is 11.8 Å². The Bertz CT molecular complexity index is 1860. The lowest BCUT2D eigenvalue weighted by Gasteiger charge is -2.35. The van der Waals surface area contributed by atoms with E-state index in [9.17, 15) is 24.0 Å². The lowest BCUT2D eigenvalue weighted by atomic mass is 9.95. The van der Waals surface area contributed by atoms with E-state index in [4.69, 9.17) is 32.5 Å². The molecule has 0 aliphatic heterocycles. The number of carbonyl (C=O) groups excluding carboxylic acids is 5. The van der Waals surface area contributed by atoms with Gasteiger partial charge in [0.05, 0.1) is 12.1 Å². The van der Waals surface area contributed by atoms with Crippen LogP contribution in [0.25, 0.3) is 0 Å². The summed E-state index contributed by atoms with van der Waals surface area (Å²) in [5, 5.41) is 6.05. The van der Waals surface area contributed by atoms with Gasteiger partial charge in [0.15, 0.2) is 0 Å². The molecule has 3 atom stereocenters. The highest BCUT2D eigenvalue weighted by atomic mass is 35.5. The second-order valence-electron chi connectivity index (χ2n) is 13.9. The first-order valence-electron chi connectivity index (χ1n) is 19.1. The summed E-state index contributed by atoms with van der Waals surface area (Å²) in [6.45, 7) is 3.47. The van der Waals surface area contributed by atoms with Crippen LogP contribution >= 0.6 is 11.6 Å². The number of amides is 4. The number of benzene rings is 4. The fourth-order valence-corrected chi connectivity index (χ4v) is 6.37. The second-order valence-corrected chi connectivity index (χ2v) is 14.4. The third kappa shape index (κ3) is 13.6. The highest BCUT2D eigenvalue weighted by molar-refractivity contribution is 6.31. The van der Waals surface area contributed by atoms with Crippen LogP contribution in [0.5, 0.6) is 0 Å². The van der Waals surface area contributed by atoms with E-state index in [1.165, 1.54) is 0 Å². The van der Waals surface area contributed by atoms with E-state index in [0.717, 1.165) is 21.6 Å². The molecule has 4 aromatic rings. The summed E-state index contributed by atoms with van der Waals surface area (Å²) in [5.74, 6) is -3.59. The van der Waals surface area contributed by atoms with Crippen molar-refractivity contribution < 1.29 is 33.4 Å². The van der Waals surface area contributed by atoms with E-state index in [0.29, 0.717) is 30.0 Å². The summed E-state index contributed by atoms with van der Waals surface area (Å²) in [6, 6.07) is 29.8. The number of carbonyl (C=O) groups is 5. The summed E-state index contributed by atoms with van der Waals surface area (Å²) in [6.07, 6.45) is -0.246. The van der Waals surface area contributed by atoms with Crippen LogP contribution in [0.2, 0.25) is 5.02 Å². The van der Waals surface area contributed by atoms with Crippen molar-refractivity contribution in [3.63, 3.8) is 0 Å². The zero-order valence-electron chi connectivity index (χ0n) is 32.4. The van der Waals surface area contributed by atoms with Crippen LogP contribution in [-0.2, 0) is 41.9 Å². The van der Waals surface area contributed by atoms with E-state index in [-0.39, 0.29) is 32.5 Å². The third-order valence-corrected chi connectivity index (χ3v) is 9.64. The van der Waals surface area contributed by atoms with Crippen LogP contribution in [-0.4, -0.2) is 59.4 Å². The topological polar surface area (TPSA) is 183 Å². The van der Waals surface area contributed by atoms with Crippen molar-refractivity contribution in [3.05, 3.63) is 143 Å². The zero-order valence-corrected chi connectivity index (χ0v) is 33.1. The minimum absolute atomic E-state index is 0.00323. The summed E-state index contributed by atoms with van der Waals surface area (Å²) < 4.78 is 11.1. The van der Waals surface area contributed by atoms with Gasteiger partial charge in [-0.1, -0.05) is 141 Å². The smallest absolute Gasteiger partial charge is 0.417 e. The molecule has 0 saturated heterocycles. The van der Waals surface area contributed by atoms with Crippen LogP contribution in [0.4, 0.5) is 4.79 Å². The van der Waals surface area contributed by atoms with E-state index >= 15 is 0 Å². The molecule has 0 spiro atoms. The number of ether oxygens (including phenoxy) is 2. The van der Waals surface area contributed by atoms with Crippen LogP contribution in [0, 0.1) is 5.92 Å². The summed E-state index contributed by atoms with van der Waals surface area (Å²) in [7, 11) is 0. The number of hydrogen-bond donors (Lipinski definition) is 4. The molecule has 4 aromatic carbocycles. The molecular weight excluding hydrogens is 746 g/mol. The first-order valence-corrected chi connectivity index (χ1v) is 19.5. The molecule has 4 amide bonds. The maximum Gasteiger partial charge on any atom is 0.417 e. The normalized spacial score (nSPS) is 12.6. The van der Waals surface area contributed by atoms with Crippen LogP contribution in [0.15, 0.2) is 115 Å². The predicted molar refractivity (Wildman–Crippen MR) is 218 cm³/mol. The Morgan fingerprint density at radius 2 is 1.28 bits per heavy atom. The number of esters is 1. The summed E-state index contributed by atoms with van der Waals surface area (Å²) in [5.41, 5.74) is 14.6. The average molecular weight is 798 g/mol. The second kappa shape index (κ2) is 22.9. The molecule has 12 nitrogen and oxygen atoms in total. The number of imide groups is 1. The fourth-order valence-electron chi connectivity index (χ4n) is 6.18. The van der Waals surface area contributed by atoms with Gasteiger partial charge in [0.25, 0.3) is 5.91 Å². The van der Waals surface area contributed by atoms with Gasteiger partial charge in [-0.05, 0) is 54.5 Å². The standard InChI is InChI=1S/C44H52ClN5O7/c1-30(2)40(42(53)49-39(32-18-8-4-9-19-32)33-20-10-5-11-21-33)50(44(55)57-29-34-22-12-13-23-35(34)45)43(54)37(48-41(52)36(47)24-14-15-27-46)25-26-38(51)56-28-31-16-6-3-7-17-31/h3-13,16-23,30,36-37,39-40H,14-15,24-29,46-47H2,1-2H3,(H,48,52)(H,49,53)/t36-,37-,40-/m0/s1. The maximum absolute atomic E-state index is 14.8.